The molecule has 1 fully saturated rings. The number of hydrogen-bond acceptors (Lipinski definition) is 5. The quantitative estimate of drug-likeness (QED) is 0.609. The van der Waals surface area contributed by atoms with E-state index in [1.54, 1.807) is 29.2 Å². The predicted molar refractivity (Wildman–Crippen MR) is 110 cm³/mol. The van der Waals surface area contributed by atoms with Gasteiger partial charge in [0.05, 0.1) is 5.52 Å². The van der Waals surface area contributed by atoms with Crippen LogP contribution < -0.4 is 0 Å². The van der Waals surface area contributed by atoms with E-state index >= 15 is 0 Å². The van der Waals surface area contributed by atoms with E-state index in [2.05, 4.69) is 9.88 Å². The van der Waals surface area contributed by atoms with Crippen molar-refractivity contribution in [2.45, 2.75) is 6.54 Å². The maximum absolute atomic E-state index is 13.8. The van der Waals surface area contributed by atoms with Crippen LogP contribution in [0.25, 0.3) is 10.9 Å². The maximum atomic E-state index is 13.8. The molecule has 30 heavy (non-hydrogen) atoms. The molecule has 1 aliphatic heterocycles. The molecule has 154 valence electrons. The standard InChI is InChI=1S/C23H22FN3O3/c24-19-7-3-1-6-18(19)15-26-11-13-27(14-12-26)22(28)16-30-23(29)21-10-9-17-5-2-4-8-20(17)25-21/h1-10H,11-16H2. The second kappa shape index (κ2) is 9.00. The first kappa shape index (κ1) is 20.0. The first-order chi connectivity index (χ1) is 14.6. The number of esters is 1. The molecule has 1 aliphatic rings. The first-order valence-corrected chi connectivity index (χ1v) is 9.86. The molecule has 2 heterocycles. The molecule has 0 spiro atoms. The van der Waals surface area contributed by atoms with Crippen LogP contribution in [0.2, 0.25) is 0 Å². The number of nitrogens with zero attached hydrogens (tertiary/aromatic N) is 3. The summed E-state index contributed by atoms with van der Waals surface area (Å²) in [5, 5.41) is 0.929. The predicted octanol–water partition coefficient (Wildman–Crippen LogP) is 2.88. The van der Waals surface area contributed by atoms with E-state index in [4.69, 9.17) is 4.74 Å². The van der Waals surface area contributed by atoms with Crippen LogP contribution in [0.3, 0.4) is 0 Å². The number of pyridine rings is 1. The van der Waals surface area contributed by atoms with E-state index in [0.29, 0.717) is 43.8 Å². The Morgan fingerprint density at radius 1 is 0.933 bits per heavy atom. The van der Waals surface area contributed by atoms with Crippen molar-refractivity contribution in [3.05, 3.63) is 77.7 Å². The lowest BCUT2D eigenvalue weighted by atomic mass is 10.2. The number of carbonyl (C=O) groups excluding carboxylic acids is 2. The van der Waals surface area contributed by atoms with Gasteiger partial charge in [-0.05, 0) is 18.2 Å². The van der Waals surface area contributed by atoms with E-state index in [1.165, 1.54) is 6.07 Å². The van der Waals surface area contributed by atoms with Gasteiger partial charge in [0.25, 0.3) is 5.91 Å². The van der Waals surface area contributed by atoms with Gasteiger partial charge in [-0.1, -0.05) is 42.5 Å². The van der Waals surface area contributed by atoms with Crippen LogP contribution in [-0.4, -0.2) is 59.4 Å². The highest BCUT2D eigenvalue weighted by Gasteiger charge is 2.23. The normalized spacial score (nSPS) is 14.6. The Morgan fingerprint density at radius 2 is 1.67 bits per heavy atom. The third-order valence-corrected chi connectivity index (χ3v) is 5.21. The van der Waals surface area contributed by atoms with Gasteiger partial charge in [-0.2, -0.15) is 0 Å². The zero-order valence-electron chi connectivity index (χ0n) is 16.5. The van der Waals surface area contributed by atoms with Crippen LogP contribution in [0, 0.1) is 5.82 Å². The van der Waals surface area contributed by atoms with E-state index in [1.807, 2.05) is 30.3 Å². The zero-order valence-corrected chi connectivity index (χ0v) is 16.5. The zero-order chi connectivity index (χ0) is 20.9. The maximum Gasteiger partial charge on any atom is 0.357 e. The van der Waals surface area contributed by atoms with Gasteiger partial charge >= 0.3 is 5.97 Å². The highest BCUT2D eigenvalue weighted by molar-refractivity contribution is 5.92. The SMILES string of the molecule is O=C(OCC(=O)N1CCN(Cc2ccccc2F)CC1)c1ccc2ccccc2n1. The molecule has 3 aromatic rings. The van der Waals surface area contributed by atoms with Crippen LogP contribution in [-0.2, 0) is 16.1 Å². The number of piperazine rings is 1. The van der Waals surface area contributed by atoms with Gasteiger partial charge in [0, 0.05) is 43.7 Å². The Morgan fingerprint density at radius 3 is 2.47 bits per heavy atom. The topological polar surface area (TPSA) is 62.7 Å². The minimum absolute atomic E-state index is 0.177. The summed E-state index contributed by atoms with van der Waals surface area (Å²) in [6.45, 7) is 2.50. The number of halogens is 1. The Balaban J connectivity index is 1.26. The average Bonchev–Trinajstić information content (AvgIpc) is 2.79. The van der Waals surface area contributed by atoms with Crippen molar-refractivity contribution in [2.75, 3.05) is 32.8 Å². The Hall–Kier alpha value is -3.32. The number of aromatic nitrogens is 1. The second-order valence-electron chi connectivity index (χ2n) is 7.21. The lowest BCUT2D eigenvalue weighted by molar-refractivity contribution is -0.136. The number of ether oxygens (including phenoxy) is 1. The molecule has 0 N–H and O–H groups in total. The Kier molecular flexibility index (Phi) is 5.99. The fourth-order valence-corrected chi connectivity index (χ4v) is 3.50. The molecule has 4 rings (SSSR count). The number of benzene rings is 2. The molecule has 1 saturated heterocycles. The lowest BCUT2D eigenvalue weighted by Gasteiger charge is -2.34. The van der Waals surface area contributed by atoms with Gasteiger partial charge in [-0.3, -0.25) is 9.69 Å². The molecule has 0 unspecified atom stereocenters. The molecule has 6 nitrogen and oxygen atoms in total. The number of amides is 1. The molecule has 0 aliphatic carbocycles. The molecule has 0 radical (unpaired) electrons. The van der Waals surface area contributed by atoms with Crippen LogP contribution >= 0.6 is 0 Å². The van der Waals surface area contributed by atoms with Gasteiger partial charge in [-0.25, -0.2) is 14.2 Å². The van der Waals surface area contributed by atoms with E-state index in [9.17, 15) is 14.0 Å². The number of para-hydroxylation sites is 1. The minimum atomic E-state index is -0.618. The summed E-state index contributed by atoms with van der Waals surface area (Å²) < 4.78 is 19.0. The van der Waals surface area contributed by atoms with Crippen molar-refractivity contribution in [2.24, 2.45) is 0 Å². The van der Waals surface area contributed by atoms with Gasteiger partial charge in [0.2, 0.25) is 0 Å². The largest absolute Gasteiger partial charge is 0.451 e. The number of hydrogen-bond donors (Lipinski definition) is 0. The number of rotatable bonds is 5. The van der Waals surface area contributed by atoms with Crippen LogP contribution in [0.1, 0.15) is 16.1 Å². The molecule has 0 bridgehead atoms. The van der Waals surface area contributed by atoms with Gasteiger partial charge in [0.1, 0.15) is 11.5 Å². The summed E-state index contributed by atoms with van der Waals surface area (Å²) in [5.74, 6) is -1.08. The number of fused-ring (bicyclic) bond motifs is 1. The van der Waals surface area contributed by atoms with Crippen LogP contribution in [0.15, 0.2) is 60.7 Å². The Labute approximate surface area is 173 Å². The minimum Gasteiger partial charge on any atom is -0.451 e. The monoisotopic (exact) mass is 407 g/mol. The van der Waals surface area contributed by atoms with Crippen molar-refractivity contribution in [3.8, 4) is 0 Å². The second-order valence-corrected chi connectivity index (χ2v) is 7.21. The Bertz CT molecular complexity index is 1060. The highest BCUT2D eigenvalue weighted by atomic mass is 19.1. The van der Waals surface area contributed by atoms with Crippen LogP contribution in [0.5, 0.6) is 0 Å². The van der Waals surface area contributed by atoms with Crippen molar-refractivity contribution in [3.63, 3.8) is 0 Å². The van der Waals surface area contributed by atoms with Crippen LogP contribution in [0.4, 0.5) is 4.39 Å². The first-order valence-electron chi connectivity index (χ1n) is 9.86. The third-order valence-electron chi connectivity index (χ3n) is 5.21. The highest BCUT2D eigenvalue weighted by Crippen LogP contribution is 2.14. The number of carbonyl (C=O) groups is 2. The van der Waals surface area contributed by atoms with Gasteiger partial charge < -0.3 is 9.64 Å². The fraction of sp³-hybridized carbons (Fsp3) is 0.261. The van der Waals surface area contributed by atoms with E-state index in [0.717, 1.165) is 5.39 Å². The molecule has 0 saturated carbocycles. The summed E-state index contributed by atoms with van der Waals surface area (Å²) in [6.07, 6.45) is 0. The summed E-state index contributed by atoms with van der Waals surface area (Å²) in [4.78, 5) is 32.7. The van der Waals surface area contributed by atoms with Crippen molar-refractivity contribution in [1.82, 2.24) is 14.8 Å². The summed E-state index contributed by atoms with van der Waals surface area (Å²) in [5.41, 5.74) is 1.52. The van der Waals surface area contributed by atoms with Crippen molar-refractivity contribution in [1.29, 1.82) is 0 Å². The molecule has 1 aromatic heterocycles. The summed E-state index contributed by atoms with van der Waals surface area (Å²) >= 11 is 0. The average molecular weight is 407 g/mol. The van der Waals surface area contributed by atoms with Gasteiger partial charge in [-0.15, -0.1) is 0 Å². The molecule has 7 heteroatoms. The fourth-order valence-electron chi connectivity index (χ4n) is 3.50. The van der Waals surface area contributed by atoms with E-state index in [-0.39, 0.29) is 24.0 Å². The molecular formula is C23H22FN3O3. The van der Waals surface area contributed by atoms with Gasteiger partial charge in [0.15, 0.2) is 6.61 Å². The smallest absolute Gasteiger partial charge is 0.357 e. The molecule has 2 aromatic carbocycles. The van der Waals surface area contributed by atoms with E-state index < -0.39 is 5.97 Å². The molecule has 1 amide bonds. The van der Waals surface area contributed by atoms with Crippen molar-refractivity contribution >= 4 is 22.8 Å². The van der Waals surface area contributed by atoms with Crippen molar-refractivity contribution < 1.29 is 18.7 Å². The molecular weight excluding hydrogens is 385 g/mol. The summed E-state index contributed by atoms with van der Waals surface area (Å²) in [6, 6.07) is 17.6. The summed E-state index contributed by atoms with van der Waals surface area (Å²) in [7, 11) is 0. The third kappa shape index (κ3) is 4.63. The molecule has 0 atom stereocenters. The lowest BCUT2D eigenvalue weighted by Crippen LogP contribution is -2.49.